The first-order valence-electron chi connectivity index (χ1n) is 16.0. The number of hydrogen-bond acceptors (Lipinski definition) is 6. The minimum absolute atomic E-state index is 0.0382. The molecule has 0 radical (unpaired) electrons. The van der Waals surface area contributed by atoms with Crippen LogP contribution in [0.2, 0.25) is 0 Å². The Morgan fingerprint density at radius 2 is 1.59 bits per heavy atom. The number of hydrogen-bond donors (Lipinski definition) is 2. The van der Waals surface area contributed by atoms with Gasteiger partial charge in [0.25, 0.3) is 0 Å². The Labute approximate surface area is 285 Å². The summed E-state index contributed by atoms with van der Waals surface area (Å²) < 4.78 is 65.8. The van der Waals surface area contributed by atoms with Gasteiger partial charge in [0.15, 0.2) is 6.29 Å². The highest BCUT2D eigenvalue weighted by atomic mass is 19.4. The van der Waals surface area contributed by atoms with Crippen molar-refractivity contribution in [1.82, 2.24) is 19.6 Å². The van der Waals surface area contributed by atoms with E-state index >= 15 is 0 Å². The topological polar surface area (TPSA) is 82.5 Å². The van der Waals surface area contributed by atoms with Crippen LogP contribution in [0.5, 0.6) is 0 Å². The molecule has 2 N–H and O–H groups in total. The molecule has 0 saturated heterocycles. The number of fused-ring (bicyclic) bond motifs is 1. The van der Waals surface area contributed by atoms with Crippen LogP contribution in [0, 0.1) is 0 Å². The quantitative estimate of drug-likeness (QED) is 0.114. The van der Waals surface area contributed by atoms with Gasteiger partial charge in [0.05, 0.1) is 23.8 Å². The van der Waals surface area contributed by atoms with Crippen molar-refractivity contribution in [2.45, 2.75) is 65.7 Å². The van der Waals surface area contributed by atoms with Gasteiger partial charge in [0.2, 0.25) is 11.8 Å². The maximum absolute atomic E-state index is 13.4. The monoisotopic (exact) mass is 690 g/mol. The van der Waals surface area contributed by atoms with Crippen molar-refractivity contribution in [3.05, 3.63) is 83.0 Å². The molecule has 0 spiro atoms. The molecule has 0 bridgehead atoms. The molecule has 0 unspecified atom stereocenters. The lowest BCUT2D eigenvalue weighted by molar-refractivity contribution is -0.137. The van der Waals surface area contributed by atoms with E-state index in [2.05, 4.69) is 15.7 Å². The van der Waals surface area contributed by atoms with Crippen LogP contribution < -0.4 is 10.6 Å². The Hall–Kier alpha value is -4.36. The lowest BCUT2D eigenvalue weighted by Crippen LogP contribution is -2.30. The van der Waals surface area contributed by atoms with Crippen LogP contribution >= 0.6 is 0 Å². The van der Waals surface area contributed by atoms with Crippen molar-refractivity contribution in [3.8, 4) is 0 Å². The Morgan fingerprint density at radius 1 is 0.918 bits per heavy atom. The number of halogens is 5. The summed E-state index contributed by atoms with van der Waals surface area (Å²) in [6.07, 6.45) is -2.08. The molecule has 13 heteroatoms. The van der Waals surface area contributed by atoms with E-state index in [4.69, 9.17) is 0 Å². The number of aryl methyl sites for hydroxylation is 1. The standard InChI is InChI=1S/C29H31F3N6O2.C5H10F2.C2H6/c1-36(2)15-19-10-22(29(30,31)32)13-24(11-19)35-28(40)17-37(3)16-20-6-5-7-26(25(20)18-39)34-23-8-9-27-21(12-23)14-33-38(27)4;1-3-5(6,7)4-2;1-2/h5-14,18,34H,15-17H2,1-4H3,(H,35,40);3-4H2,1-2H3;1-2H3. The Kier molecular flexibility index (Phi) is 15.3. The Morgan fingerprint density at radius 3 is 2.16 bits per heavy atom. The maximum Gasteiger partial charge on any atom is 0.416 e. The predicted molar refractivity (Wildman–Crippen MR) is 187 cm³/mol. The Bertz CT molecular complexity index is 1660. The lowest BCUT2D eigenvalue weighted by Gasteiger charge is -2.20. The zero-order chi connectivity index (χ0) is 36.9. The molecular formula is C36H47F5N6O2. The fourth-order valence-corrected chi connectivity index (χ4v) is 4.82. The minimum Gasteiger partial charge on any atom is -0.355 e. The molecule has 4 aromatic rings. The van der Waals surface area contributed by atoms with Crippen LogP contribution in [0.25, 0.3) is 10.9 Å². The second kappa shape index (κ2) is 18.4. The average molecular weight is 691 g/mol. The SMILES string of the molecule is CC.CCC(F)(F)CC.CN(C)Cc1cc(NC(=O)CN(C)Cc2cccc(Nc3ccc4c(cnn4C)c3)c2C=O)cc(C(F)(F)F)c1. The van der Waals surface area contributed by atoms with E-state index in [-0.39, 0.29) is 31.6 Å². The molecule has 0 fully saturated rings. The molecule has 0 saturated carbocycles. The van der Waals surface area contributed by atoms with Crippen molar-refractivity contribution < 1.29 is 31.5 Å². The number of carbonyl (C=O) groups is 2. The van der Waals surface area contributed by atoms with Gasteiger partial charge in [-0.15, -0.1) is 0 Å². The third kappa shape index (κ3) is 12.6. The van der Waals surface area contributed by atoms with Crippen LogP contribution in [0.15, 0.2) is 60.8 Å². The van der Waals surface area contributed by atoms with E-state index in [0.29, 0.717) is 28.9 Å². The molecule has 49 heavy (non-hydrogen) atoms. The number of aromatic nitrogens is 2. The number of carbonyl (C=O) groups excluding carboxylic acids is 2. The van der Waals surface area contributed by atoms with Crippen molar-refractivity contribution in [2.75, 3.05) is 38.3 Å². The number of nitrogens with one attached hydrogen (secondary N) is 2. The van der Waals surface area contributed by atoms with Crippen LogP contribution in [0.4, 0.5) is 39.0 Å². The van der Waals surface area contributed by atoms with Crippen LogP contribution in [0.3, 0.4) is 0 Å². The number of rotatable bonds is 12. The van der Waals surface area contributed by atoms with Gasteiger partial charge in [-0.05, 0) is 74.7 Å². The first kappa shape index (κ1) is 40.8. The summed E-state index contributed by atoms with van der Waals surface area (Å²) in [7, 11) is 7.08. The first-order valence-corrected chi connectivity index (χ1v) is 16.0. The molecule has 1 amide bonds. The van der Waals surface area contributed by atoms with Gasteiger partial charge >= 0.3 is 6.18 Å². The fraction of sp³-hybridized carbons (Fsp3) is 0.417. The van der Waals surface area contributed by atoms with E-state index in [1.165, 1.54) is 19.9 Å². The highest BCUT2D eigenvalue weighted by Crippen LogP contribution is 2.32. The van der Waals surface area contributed by atoms with Gasteiger partial charge in [-0.25, -0.2) is 8.78 Å². The fourth-order valence-electron chi connectivity index (χ4n) is 4.82. The summed E-state index contributed by atoms with van der Waals surface area (Å²) in [4.78, 5) is 28.3. The van der Waals surface area contributed by atoms with Gasteiger partial charge in [0, 0.05) is 61.0 Å². The van der Waals surface area contributed by atoms with Gasteiger partial charge in [-0.3, -0.25) is 19.2 Å². The van der Waals surface area contributed by atoms with Crippen molar-refractivity contribution in [1.29, 1.82) is 0 Å². The number of alkyl halides is 5. The van der Waals surface area contributed by atoms with E-state index in [1.54, 1.807) is 54.0 Å². The van der Waals surface area contributed by atoms with Gasteiger partial charge in [-0.1, -0.05) is 39.8 Å². The van der Waals surface area contributed by atoms with Crippen LogP contribution in [0.1, 0.15) is 67.6 Å². The van der Waals surface area contributed by atoms with Crippen molar-refractivity contribution in [2.24, 2.45) is 7.05 Å². The minimum atomic E-state index is -4.54. The third-order valence-corrected chi connectivity index (χ3v) is 7.33. The molecule has 268 valence electrons. The summed E-state index contributed by atoms with van der Waals surface area (Å²) in [6, 6.07) is 14.7. The molecule has 0 atom stereocenters. The third-order valence-electron chi connectivity index (χ3n) is 7.33. The highest BCUT2D eigenvalue weighted by molar-refractivity contribution is 5.93. The normalized spacial score (nSPS) is 11.5. The number of aldehydes is 1. The van der Waals surface area contributed by atoms with Gasteiger partial charge in [0.1, 0.15) is 0 Å². The van der Waals surface area contributed by atoms with Crippen molar-refractivity contribution in [3.63, 3.8) is 0 Å². The summed E-state index contributed by atoms with van der Waals surface area (Å²) in [6.45, 7) is 7.45. The molecule has 0 aliphatic carbocycles. The van der Waals surface area contributed by atoms with Gasteiger partial charge in [-0.2, -0.15) is 18.3 Å². The zero-order valence-electron chi connectivity index (χ0n) is 29.4. The van der Waals surface area contributed by atoms with Crippen LogP contribution in [-0.2, 0) is 31.1 Å². The smallest absolute Gasteiger partial charge is 0.355 e. The molecular weight excluding hydrogens is 643 g/mol. The molecule has 4 rings (SSSR count). The van der Waals surface area contributed by atoms with E-state index < -0.39 is 23.6 Å². The van der Waals surface area contributed by atoms with E-state index in [9.17, 15) is 31.5 Å². The molecule has 1 heterocycles. The van der Waals surface area contributed by atoms with Crippen molar-refractivity contribution >= 4 is 40.2 Å². The van der Waals surface area contributed by atoms with Crippen LogP contribution in [-0.4, -0.2) is 65.4 Å². The number of benzene rings is 3. The summed E-state index contributed by atoms with van der Waals surface area (Å²) in [5, 5.41) is 11.1. The lowest BCUT2D eigenvalue weighted by atomic mass is 10.1. The zero-order valence-corrected chi connectivity index (χ0v) is 29.4. The number of amides is 1. The Balaban J connectivity index is 0.000000824. The largest absolute Gasteiger partial charge is 0.416 e. The second-order valence-corrected chi connectivity index (χ2v) is 11.6. The number of anilines is 3. The molecule has 0 aliphatic rings. The molecule has 3 aromatic carbocycles. The van der Waals surface area contributed by atoms with E-state index in [1.807, 2.05) is 45.2 Å². The van der Waals surface area contributed by atoms with Gasteiger partial charge < -0.3 is 15.5 Å². The number of likely N-dealkylation sites (N-methyl/N-ethyl adjacent to an activating group) is 1. The maximum atomic E-state index is 13.4. The summed E-state index contributed by atoms with van der Waals surface area (Å²) in [5.74, 6) is -2.88. The second-order valence-electron chi connectivity index (χ2n) is 11.6. The molecule has 8 nitrogen and oxygen atoms in total. The summed E-state index contributed by atoms with van der Waals surface area (Å²) in [5.41, 5.74) is 3.24. The first-order chi connectivity index (χ1) is 23.0. The van der Waals surface area contributed by atoms with E-state index in [0.717, 1.165) is 35.0 Å². The predicted octanol–water partition coefficient (Wildman–Crippen LogP) is 8.75. The average Bonchev–Trinajstić information content (AvgIpc) is 3.41. The molecule has 1 aromatic heterocycles. The molecule has 0 aliphatic heterocycles. The highest BCUT2D eigenvalue weighted by Gasteiger charge is 2.31. The number of nitrogens with zero attached hydrogens (tertiary/aromatic N) is 4. The summed E-state index contributed by atoms with van der Waals surface area (Å²) >= 11 is 0.